The lowest BCUT2D eigenvalue weighted by atomic mass is 10.1. The third-order valence-electron chi connectivity index (χ3n) is 6.18. The van der Waals surface area contributed by atoms with Gasteiger partial charge < -0.3 is 18.9 Å². The Balaban J connectivity index is 1.44. The Hall–Kier alpha value is -4.42. The molecule has 41 heavy (non-hydrogen) atoms. The van der Waals surface area contributed by atoms with Crippen LogP contribution in [0.3, 0.4) is 0 Å². The van der Waals surface area contributed by atoms with Crippen molar-refractivity contribution in [2.75, 3.05) is 37.9 Å². The standard InChI is InChI=1S/C29H30N2O8S2/c1-36-22-9-15-26(28(18-22)38-3)30-40(32,33)24-11-5-20(6-12-24)17-21-7-13-25(14-8-21)41(34,35)31-27-16-10-23(37-2)19-29(27)39-4/h5-16,18-19,30-31H,17H2,1-4H3. The van der Waals surface area contributed by atoms with Crippen molar-refractivity contribution in [1.29, 1.82) is 0 Å². The fraction of sp³-hybridized carbons (Fsp3) is 0.172. The maximum Gasteiger partial charge on any atom is 0.262 e. The van der Waals surface area contributed by atoms with E-state index >= 15 is 0 Å². The monoisotopic (exact) mass is 598 g/mol. The van der Waals surface area contributed by atoms with Gasteiger partial charge in [-0.1, -0.05) is 24.3 Å². The SMILES string of the molecule is COc1ccc(NS(=O)(=O)c2ccc(Cc3ccc(S(=O)(=O)Nc4ccc(OC)cc4OC)cc3)cc2)c(OC)c1. The van der Waals surface area contributed by atoms with Crippen molar-refractivity contribution in [3.8, 4) is 23.0 Å². The highest BCUT2D eigenvalue weighted by molar-refractivity contribution is 7.93. The van der Waals surface area contributed by atoms with Gasteiger partial charge in [0.1, 0.15) is 23.0 Å². The summed E-state index contributed by atoms with van der Waals surface area (Å²) in [7, 11) is -1.84. The number of hydrogen-bond acceptors (Lipinski definition) is 8. The minimum Gasteiger partial charge on any atom is -0.497 e. The second kappa shape index (κ2) is 12.4. The third kappa shape index (κ3) is 7.02. The average Bonchev–Trinajstić information content (AvgIpc) is 2.97. The molecule has 0 aliphatic carbocycles. The first kappa shape index (κ1) is 29.6. The van der Waals surface area contributed by atoms with Gasteiger partial charge in [0.05, 0.1) is 49.6 Å². The van der Waals surface area contributed by atoms with Gasteiger partial charge in [-0.05, 0) is 66.1 Å². The van der Waals surface area contributed by atoms with Crippen LogP contribution in [0.1, 0.15) is 11.1 Å². The fourth-order valence-corrected chi connectivity index (χ4v) is 6.12. The molecular formula is C29H30N2O8S2. The summed E-state index contributed by atoms with van der Waals surface area (Å²) in [5, 5.41) is 0. The van der Waals surface area contributed by atoms with Crippen LogP contribution in [0.4, 0.5) is 11.4 Å². The minimum atomic E-state index is -3.87. The van der Waals surface area contributed by atoms with Crippen LogP contribution >= 0.6 is 0 Å². The maximum atomic E-state index is 13.0. The van der Waals surface area contributed by atoms with Gasteiger partial charge in [-0.2, -0.15) is 0 Å². The predicted octanol–water partition coefficient (Wildman–Crippen LogP) is 4.91. The van der Waals surface area contributed by atoms with E-state index in [2.05, 4.69) is 9.44 Å². The van der Waals surface area contributed by atoms with Crippen LogP contribution in [0.25, 0.3) is 0 Å². The Kier molecular flexibility index (Phi) is 8.94. The average molecular weight is 599 g/mol. The molecule has 12 heteroatoms. The van der Waals surface area contributed by atoms with Crippen molar-refractivity contribution in [3.63, 3.8) is 0 Å². The van der Waals surface area contributed by atoms with E-state index in [1.54, 1.807) is 60.7 Å². The summed E-state index contributed by atoms with van der Waals surface area (Å²) >= 11 is 0. The molecule has 0 amide bonds. The smallest absolute Gasteiger partial charge is 0.262 e. The Labute approximate surface area is 240 Å². The van der Waals surface area contributed by atoms with E-state index in [4.69, 9.17) is 18.9 Å². The molecule has 2 N–H and O–H groups in total. The Morgan fingerprint density at radius 2 is 0.878 bits per heavy atom. The zero-order valence-electron chi connectivity index (χ0n) is 22.9. The van der Waals surface area contributed by atoms with Crippen LogP contribution in [0.2, 0.25) is 0 Å². The van der Waals surface area contributed by atoms with Crippen molar-refractivity contribution in [2.24, 2.45) is 0 Å². The van der Waals surface area contributed by atoms with E-state index in [0.29, 0.717) is 29.4 Å². The summed E-state index contributed by atoms with van der Waals surface area (Å²) < 4.78 is 77.7. The highest BCUT2D eigenvalue weighted by Crippen LogP contribution is 2.32. The van der Waals surface area contributed by atoms with Gasteiger partial charge in [-0.25, -0.2) is 16.8 Å². The first-order chi connectivity index (χ1) is 19.6. The highest BCUT2D eigenvalue weighted by Gasteiger charge is 2.19. The fourth-order valence-electron chi connectivity index (χ4n) is 3.98. The normalized spacial score (nSPS) is 11.4. The lowest BCUT2D eigenvalue weighted by Crippen LogP contribution is -2.14. The maximum absolute atomic E-state index is 13.0. The number of methoxy groups -OCH3 is 4. The molecule has 0 heterocycles. The molecule has 0 saturated heterocycles. The minimum absolute atomic E-state index is 0.0839. The quantitative estimate of drug-likeness (QED) is 0.235. The summed E-state index contributed by atoms with van der Waals surface area (Å²) in [4.78, 5) is 0.168. The van der Waals surface area contributed by atoms with Gasteiger partial charge in [0.25, 0.3) is 20.0 Å². The van der Waals surface area contributed by atoms with E-state index in [0.717, 1.165) is 11.1 Å². The van der Waals surface area contributed by atoms with Crippen LogP contribution in [0.5, 0.6) is 23.0 Å². The molecule has 4 aromatic rings. The molecular weight excluding hydrogens is 568 g/mol. The lowest BCUT2D eigenvalue weighted by Gasteiger charge is -2.14. The van der Waals surface area contributed by atoms with Crippen LogP contribution < -0.4 is 28.4 Å². The van der Waals surface area contributed by atoms with Crippen molar-refractivity contribution in [2.45, 2.75) is 16.2 Å². The van der Waals surface area contributed by atoms with Gasteiger partial charge in [-0.3, -0.25) is 9.44 Å². The van der Waals surface area contributed by atoms with Gasteiger partial charge in [0.2, 0.25) is 0 Å². The van der Waals surface area contributed by atoms with Crippen LogP contribution in [-0.2, 0) is 26.5 Å². The summed E-state index contributed by atoms with van der Waals surface area (Å²) in [6.45, 7) is 0. The molecule has 0 fully saturated rings. The lowest BCUT2D eigenvalue weighted by molar-refractivity contribution is 0.395. The molecule has 4 rings (SSSR count). The molecule has 216 valence electrons. The van der Waals surface area contributed by atoms with Crippen molar-refractivity contribution in [1.82, 2.24) is 0 Å². The zero-order valence-corrected chi connectivity index (χ0v) is 24.5. The molecule has 0 aliphatic heterocycles. The molecule has 0 spiro atoms. The molecule has 0 atom stereocenters. The molecule has 0 aliphatic rings. The number of hydrogen-bond donors (Lipinski definition) is 2. The molecule has 4 aromatic carbocycles. The molecule has 0 radical (unpaired) electrons. The number of anilines is 2. The number of nitrogens with one attached hydrogen (secondary N) is 2. The Morgan fingerprint density at radius 3 is 1.20 bits per heavy atom. The van der Waals surface area contributed by atoms with E-state index in [9.17, 15) is 16.8 Å². The Morgan fingerprint density at radius 1 is 0.512 bits per heavy atom. The summed E-state index contributed by atoms with van der Waals surface area (Å²) in [5.74, 6) is 1.73. The Bertz CT molecular complexity index is 1590. The zero-order chi connectivity index (χ0) is 29.6. The molecule has 0 unspecified atom stereocenters. The predicted molar refractivity (Wildman–Crippen MR) is 156 cm³/mol. The van der Waals surface area contributed by atoms with Crippen molar-refractivity contribution >= 4 is 31.4 Å². The topological polar surface area (TPSA) is 129 Å². The van der Waals surface area contributed by atoms with Crippen LogP contribution in [0.15, 0.2) is 94.7 Å². The molecule has 10 nitrogen and oxygen atoms in total. The van der Waals surface area contributed by atoms with E-state index in [1.165, 1.54) is 52.7 Å². The second-order valence-electron chi connectivity index (χ2n) is 8.81. The van der Waals surface area contributed by atoms with E-state index in [-0.39, 0.29) is 21.2 Å². The van der Waals surface area contributed by atoms with Crippen molar-refractivity contribution in [3.05, 3.63) is 96.1 Å². The summed E-state index contributed by atoms with van der Waals surface area (Å²) in [6, 6.07) is 22.5. The van der Waals surface area contributed by atoms with Crippen molar-refractivity contribution < 1.29 is 35.8 Å². The van der Waals surface area contributed by atoms with Crippen LogP contribution in [0, 0.1) is 0 Å². The first-order valence-corrected chi connectivity index (χ1v) is 15.2. The molecule has 0 saturated carbocycles. The molecule has 0 bridgehead atoms. The van der Waals surface area contributed by atoms with E-state index in [1.807, 2.05) is 0 Å². The number of benzene rings is 4. The number of ether oxygens (including phenoxy) is 4. The number of rotatable bonds is 12. The van der Waals surface area contributed by atoms with Gasteiger partial charge in [-0.15, -0.1) is 0 Å². The molecule has 0 aromatic heterocycles. The van der Waals surface area contributed by atoms with Gasteiger partial charge in [0.15, 0.2) is 0 Å². The van der Waals surface area contributed by atoms with Gasteiger partial charge >= 0.3 is 0 Å². The first-order valence-electron chi connectivity index (χ1n) is 12.3. The highest BCUT2D eigenvalue weighted by atomic mass is 32.2. The van der Waals surface area contributed by atoms with Gasteiger partial charge in [0, 0.05) is 12.1 Å². The largest absolute Gasteiger partial charge is 0.497 e. The second-order valence-corrected chi connectivity index (χ2v) is 12.2. The van der Waals surface area contributed by atoms with E-state index < -0.39 is 20.0 Å². The number of sulfonamides is 2. The third-order valence-corrected chi connectivity index (χ3v) is 8.94. The summed E-state index contributed by atoms with van der Waals surface area (Å²) in [6.07, 6.45) is 0.472. The summed E-state index contributed by atoms with van der Waals surface area (Å²) in [5.41, 5.74) is 2.27. The van der Waals surface area contributed by atoms with Crippen LogP contribution in [-0.4, -0.2) is 45.3 Å².